The molecule has 0 unspecified atom stereocenters. The summed E-state index contributed by atoms with van der Waals surface area (Å²) in [4.78, 5) is 11.8. The van der Waals surface area contributed by atoms with Crippen molar-refractivity contribution in [2.75, 3.05) is 13.1 Å². The van der Waals surface area contributed by atoms with Gasteiger partial charge in [-0.3, -0.25) is 4.79 Å². The molecule has 1 saturated heterocycles. The van der Waals surface area contributed by atoms with Crippen molar-refractivity contribution < 1.29 is 28.2 Å². The van der Waals surface area contributed by atoms with E-state index in [0.29, 0.717) is 24.5 Å². The molecule has 4 rings (SSSR count). The first kappa shape index (κ1) is 26.4. The lowest BCUT2D eigenvalue weighted by Crippen LogP contribution is -2.27. The highest BCUT2D eigenvalue weighted by Crippen LogP contribution is 2.26. The number of ether oxygens (including phenoxy) is 2. The minimum Gasteiger partial charge on any atom is -0.489 e. The van der Waals surface area contributed by atoms with Crippen LogP contribution in [0, 0.1) is 23.5 Å². The van der Waals surface area contributed by atoms with Crippen LogP contribution < -0.4 is 14.8 Å². The van der Waals surface area contributed by atoms with Gasteiger partial charge in [0.1, 0.15) is 36.3 Å². The van der Waals surface area contributed by atoms with Crippen LogP contribution in [0.4, 0.5) is 8.78 Å². The number of hydrogen-bond acceptors (Lipinski definition) is 4. The SMILES string of the molecule is Cl.O=C(O)[C@@H](Cc1cccc(OCc2cccc(OCc3ccc(F)cc3F)c2)c1)[C@H]1CCNC1. The van der Waals surface area contributed by atoms with E-state index in [1.807, 2.05) is 36.4 Å². The van der Waals surface area contributed by atoms with Gasteiger partial charge in [-0.2, -0.15) is 0 Å². The predicted molar refractivity (Wildman–Crippen MR) is 131 cm³/mol. The molecular weight excluding hydrogens is 476 g/mol. The molecule has 0 radical (unpaired) electrons. The minimum atomic E-state index is -0.766. The summed E-state index contributed by atoms with van der Waals surface area (Å²) in [5.74, 6) is -1.12. The topological polar surface area (TPSA) is 67.8 Å². The first-order valence-electron chi connectivity index (χ1n) is 11.3. The third-order valence-electron chi connectivity index (χ3n) is 6.05. The molecule has 1 aliphatic heterocycles. The number of aliphatic carboxylic acids is 1. The van der Waals surface area contributed by atoms with Crippen LogP contribution >= 0.6 is 12.4 Å². The summed E-state index contributed by atoms with van der Waals surface area (Å²) in [5, 5.41) is 12.9. The fourth-order valence-corrected chi connectivity index (χ4v) is 4.18. The van der Waals surface area contributed by atoms with Crippen molar-refractivity contribution in [1.29, 1.82) is 0 Å². The Bertz CT molecular complexity index is 1140. The number of carboxylic acid groups (broad SMARTS) is 1. The predicted octanol–water partition coefficient (Wildman–Crippen LogP) is 5.40. The molecule has 0 bridgehead atoms. The first-order chi connectivity index (χ1) is 16.5. The number of benzene rings is 3. The second-order valence-corrected chi connectivity index (χ2v) is 8.51. The number of hydrogen-bond donors (Lipinski definition) is 2. The largest absolute Gasteiger partial charge is 0.489 e. The van der Waals surface area contributed by atoms with Gasteiger partial charge >= 0.3 is 5.97 Å². The zero-order chi connectivity index (χ0) is 23.9. The average Bonchev–Trinajstić information content (AvgIpc) is 3.36. The third-order valence-corrected chi connectivity index (χ3v) is 6.05. The molecule has 0 aliphatic carbocycles. The Labute approximate surface area is 209 Å². The molecule has 2 N–H and O–H groups in total. The maximum atomic E-state index is 13.8. The van der Waals surface area contributed by atoms with Gasteiger partial charge in [0.05, 0.1) is 5.92 Å². The van der Waals surface area contributed by atoms with Crippen LogP contribution in [0.5, 0.6) is 11.5 Å². The Morgan fingerprint density at radius 2 is 1.66 bits per heavy atom. The first-order valence-corrected chi connectivity index (χ1v) is 11.3. The van der Waals surface area contributed by atoms with Crippen LogP contribution in [0.3, 0.4) is 0 Å². The quantitative estimate of drug-likeness (QED) is 0.388. The van der Waals surface area contributed by atoms with Gasteiger partial charge in [-0.15, -0.1) is 12.4 Å². The van der Waals surface area contributed by atoms with Crippen molar-refractivity contribution in [3.63, 3.8) is 0 Å². The number of halogens is 3. The maximum Gasteiger partial charge on any atom is 0.307 e. The van der Waals surface area contributed by atoms with E-state index in [1.54, 1.807) is 12.1 Å². The van der Waals surface area contributed by atoms with Gasteiger partial charge in [-0.25, -0.2) is 8.78 Å². The van der Waals surface area contributed by atoms with E-state index in [9.17, 15) is 18.7 Å². The lowest BCUT2D eigenvalue weighted by atomic mass is 9.86. The Morgan fingerprint density at radius 1 is 0.971 bits per heavy atom. The summed E-state index contributed by atoms with van der Waals surface area (Å²) in [6.07, 6.45) is 1.33. The lowest BCUT2D eigenvalue weighted by molar-refractivity contribution is -0.143. The van der Waals surface area contributed by atoms with E-state index in [-0.39, 0.29) is 30.5 Å². The van der Waals surface area contributed by atoms with E-state index in [1.165, 1.54) is 12.1 Å². The smallest absolute Gasteiger partial charge is 0.307 e. The number of carboxylic acids is 1. The van der Waals surface area contributed by atoms with E-state index in [2.05, 4.69) is 5.32 Å². The molecule has 0 spiro atoms. The molecule has 3 aromatic rings. The van der Waals surface area contributed by atoms with Crippen LogP contribution in [-0.2, 0) is 24.4 Å². The fourth-order valence-electron chi connectivity index (χ4n) is 4.18. The number of carbonyl (C=O) groups is 1. The van der Waals surface area contributed by atoms with E-state index in [4.69, 9.17) is 9.47 Å². The van der Waals surface area contributed by atoms with Crippen molar-refractivity contribution in [3.05, 3.63) is 95.1 Å². The molecule has 0 amide bonds. The molecule has 35 heavy (non-hydrogen) atoms. The number of rotatable bonds is 10. The molecule has 0 saturated carbocycles. The molecule has 186 valence electrons. The molecule has 0 aromatic heterocycles. The Morgan fingerprint density at radius 3 is 2.31 bits per heavy atom. The van der Waals surface area contributed by atoms with Gasteiger partial charge < -0.3 is 19.9 Å². The molecule has 1 heterocycles. The highest BCUT2D eigenvalue weighted by Gasteiger charge is 2.30. The van der Waals surface area contributed by atoms with Crippen molar-refractivity contribution in [2.45, 2.75) is 26.1 Å². The van der Waals surface area contributed by atoms with Crippen LogP contribution in [0.2, 0.25) is 0 Å². The van der Waals surface area contributed by atoms with Crippen LogP contribution in [0.15, 0.2) is 66.7 Å². The van der Waals surface area contributed by atoms with Crippen molar-refractivity contribution in [1.82, 2.24) is 5.32 Å². The molecule has 1 fully saturated rings. The molecule has 2 atom stereocenters. The summed E-state index contributed by atoms with van der Waals surface area (Å²) in [5.41, 5.74) is 2.06. The number of nitrogens with one attached hydrogen (secondary N) is 1. The van der Waals surface area contributed by atoms with Gasteiger partial charge in [0.25, 0.3) is 0 Å². The minimum absolute atomic E-state index is 0. The monoisotopic (exact) mass is 503 g/mol. The highest BCUT2D eigenvalue weighted by atomic mass is 35.5. The summed E-state index contributed by atoms with van der Waals surface area (Å²) in [6, 6.07) is 18.2. The Hall–Kier alpha value is -3.16. The van der Waals surface area contributed by atoms with Crippen molar-refractivity contribution in [2.24, 2.45) is 11.8 Å². The second kappa shape index (κ2) is 12.5. The van der Waals surface area contributed by atoms with Gasteiger partial charge in [0.15, 0.2) is 0 Å². The Balaban J connectivity index is 0.00000342. The lowest BCUT2D eigenvalue weighted by Gasteiger charge is -2.19. The zero-order valence-corrected chi connectivity index (χ0v) is 19.9. The molecule has 1 aliphatic rings. The zero-order valence-electron chi connectivity index (χ0n) is 19.1. The Kier molecular flexibility index (Phi) is 9.46. The van der Waals surface area contributed by atoms with Crippen LogP contribution in [0.1, 0.15) is 23.1 Å². The van der Waals surface area contributed by atoms with Crippen molar-refractivity contribution in [3.8, 4) is 11.5 Å². The van der Waals surface area contributed by atoms with Crippen LogP contribution in [-0.4, -0.2) is 24.2 Å². The van der Waals surface area contributed by atoms with Gasteiger partial charge in [-0.1, -0.05) is 24.3 Å². The third kappa shape index (κ3) is 7.41. The fraction of sp³-hybridized carbons (Fsp3) is 0.296. The molecule has 8 heteroatoms. The van der Waals surface area contributed by atoms with Gasteiger partial charge in [0, 0.05) is 11.6 Å². The standard InChI is InChI=1S/C27H27F2NO4.ClH/c28-22-8-7-21(26(29)14-22)17-34-24-6-2-4-19(12-24)16-33-23-5-1-3-18(11-23)13-25(27(31)32)20-9-10-30-15-20;/h1-8,11-12,14,20,25,30H,9-10,13,15-17H2,(H,31,32);1H/t20-,25-;/m0./s1. The van der Waals surface area contributed by atoms with E-state index >= 15 is 0 Å². The summed E-state index contributed by atoms with van der Waals surface area (Å²) >= 11 is 0. The summed E-state index contributed by atoms with van der Waals surface area (Å²) < 4.78 is 38.5. The summed E-state index contributed by atoms with van der Waals surface area (Å²) in [7, 11) is 0. The van der Waals surface area contributed by atoms with Crippen molar-refractivity contribution >= 4 is 18.4 Å². The van der Waals surface area contributed by atoms with Crippen LogP contribution in [0.25, 0.3) is 0 Å². The molecule has 3 aromatic carbocycles. The van der Waals surface area contributed by atoms with Gasteiger partial charge in [-0.05, 0) is 79.4 Å². The second-order valence-electron chi connectivity index (χ2n) is 8.51. The normalized spacial score (nSPS) is 15.8. The maximum absolute atomic E-state index is 13.8. The van der Waals surface area contributed by atoms with E-state index in [0.717, 1.165) is 36.7 Å². The summed E-state index contributed by atoms with van der Waals surface area (Å²) in [6.45, 7) is 1.87. The molecule has 5 nitrogen and oxygen atoms in total. The highest BCUT2D eigenvalue weighted by molar-refractivity contribution is 5.85. The molecular formula is C27H28ClF2NO4. The van der Waals surface area contributed by atoms with E-state index < -0.39 is 23.5 Å². The van der Waals surface area contributed by atoms with Gasteiger partial charge in [0.2, 0.25) is 0 Å². The average molecular weight is 504 g/mol.